The molecule has 2 rings (SSSR count). The second-order valence-corrected chi connectivity index (χ2v) is 5.23. The van der Waals surface area contributed by atoms with Gasteiger partial charge in [0, 0.05) is 18.2 Å². The standard InChI is InChI=1S/C13H21N3O2/c1-10-9-18-14-12(10)13(17)16-7-4-5-11(16)6-8-15(2)3/h9,11H,4-8H2,1-3H3. The Morgan fingerprint density at radius 3 is 3.00 bits per heavy atom. The number of aromatic nitrogens is 1. The van der Waals surface area contributed by atoms with Crippen molar-refractivity contribution in [1.82, 2.24) is 15.0 Å². The summed E-state index contributed by atoms with van der Waals surface area (Å²) in [4.78, 5) is 16.5. The number of likely N-dealkylation sites (tertiary alicyclic amines) is 1. The molecule has 1 aromatic heterocycles. The number of rotatable bonds is 4. The summed E-state index contributed by atoms with van der Waals surface area (Å²) in [6.07, 6.45) is 4.73. The minimum atomic E-state index is 0.0162. The molecular formula is C13H21N3O2. The number of carbonyl (C=O) groups is 1. The Morgan fingerprint density at radius 2 is 2.39 bits per heavy atom. The number of aryl methyl sites for hydroxylation is 1. The number of nitrogens with zero attached hydrogens (tertiary/aromatic N) is 3. The van der Waals surface area contributed by atoms with E-state index in [1.165, 1.54) is 6.26 Å². The highest BCUT2D eigenvalue weighted by Crippen LogP contribution is 2.23. The summed E-state index contributed by atoms with van der Waals surface area (Å²) in [6, 6.07) is 0.344. The second-order valence-electron chi connectivity index (χ2n) is 5.23. The number of hydrogen-bond donors (Lipinski definition) is 0. The van der Waals surface area contributed by atoms with E-state index in [0.717, 1.165) is 37.9 Å². The summed E-state index contributed by atoms with van der Waals surface area (Å²) in [5.41, 5.74) is 1.28. The predicted molar refractivity (Wildman–Crippen MR) is 68.5 cm³/mol. The fourth-order valence-electron chi connectivity index (χ4n) is 2.44. The molecule has 0 radical (unpaired) electrons. The van der Waals surface area contributed by atoms with Gasteiger partial charge in [-0.25, -0.2) is 0 Å². The van der Waals surface area contributed by atoms with E-state index in [0.29, 0.717) is 11.7 Å². The highest BCUT2D eigenvalue weighted by atomic mass is 16.5. The minimum Gasteiger partial charge on any atom is -0.364 e. The smallest absolute Gasteiger partial charge is 0.276 e. The molecule has 0 aromatic carbocycles. The van der Waals surface area contributed by atoms with Crippen LogP contribution in [-0.4, -0.2) is 54.1 Å². The molecule has 1 aliphatic rings. The Kier molecular flexibility index (Phi) is 4.01. The molecule has 100 valence electrons. The molecule has 18 heavy (non-hydrogen) atoms. The average molecular weight is 251 g/mol. The van der Waals surface area contributed by atoms with E-state index < -0.39 is 0 Å². The molecule has 1 aromatic rings. The third-order valence-corrected chi connectivity index (χ3v) is 3.50. The lowest BCUT2D eigenvalue weighted by Crippen LogP contribution is -2.37. The van der Waals surface area contributed by atoms with Crippen molar-refractivity contribution in [2.75, 3.05) is 27.2 Å². The molecule has 0 saturated carbocycles. The fourth-order valence-corrected chi connectivity index (χ4v) is 2.44. The maximum atomic E-state index is 12.4. The summed E-state index contributed by atoms with van der Waals surface area (Å²) < 4.78 is 4.85. The molecule has 0 aliphatic carbocycles. The minimum absolute atomic E-state index is 0.0162. The third kappa shape index (κ3) is 2.72. The first kappa shape index (κ1) is 13.1. The van der Waals surface area contributed by atoms with Crippen molar-refractivity contribution < 1.29 is 9.32 Å². The maximum absolute atomic E-state index is 12.4. The lowest BCUT2D eigenvalue weighted by atomic mass is 10.1. The van der Waals surface area contributed by atoms with E-state index >= 15 is 0 Å². The molecule has 5 nitrogen and oxygen atoms in total. The summed E-state index contributed by atoms with van der Waals surface area (Å²) in [5.74, 6) is 0.0162. The van der Waals surface area contributed by atoms with Gasteiger partial charge in [0.25, 0.3) is 5.91 Å². The first-order valence-corrected chi connectivity index (χ1v) is 6.46. The summed E-state index contributed by atoms with van der Waals surface area (Å²) in [6.45, 7) is 3.70. The van der Waals surface area contributed by atoms with E-state index in [2.05, 4.69) is 24.2 Å². The Morgan fingerprint density at radius 1 is 1.61 bits per heavy atom. The van der Waals surface area contributed by atoms with Crippen molar-refractivity contribution in [2.24, 2.45) is 0 Å². The summed E-state index contributed by atoms with van der Waals surface area (Å²) >= 11 is 0. The molecular weight excluding hydrogens is 230 g/mol. The molecule has 1 amide bonds. The molecule has 1 aliphatic heterocycles. The highest BCUT2D eigenvalue weighted by Gasteiger charge is 2.31. The maximum Gasteiger partial charge on any atom is 0.276 e. The van der Waals surface area contributed by atoms with Crippen molar-refractivity contribution in [3.05, 3.63) is 17.5 Å². The average Bonchev–Trinajstić information content (AvgIpc) is 2.93. The first-order chi connectivity index (χ1) is 8.59. The van der Waals surface area contributed by atoms with Crippen LogP contribution in [0.4, 0.5) is 0 Å². The zero-order valence-corrected chi connectivity index (χ0v) is 11.3. The van der Waals surface area contributed by atoms with Crippen LogP contribution in [0, 0.1) is 6.92 Å². The van der Waals surface area contributed by atoms with E-state index in [9.17, 15) is 4.79 Å². The van der Waals surface area contributed by atoms with Crippen LogP contribution in [0.2, 0.25) is 0 Å². The van der Waals surface area contributed by atoms with Gasteiger partial charge in [0.05, 0.1) is 0 Å². The van der Waals surface area contributed by atoms with Crippen molar-refractivity contribution in [3.63, 3.8) is 0 Å². The van der Waals surface area contributed by atoms with Gasteiger partial charge in [0.15, 0.2) is 5.69 Å². The van der Waals surface area contributed by atoms with Gasteiger partial charge in [0.1, 0.15) is 6.26 Å². The van der Waals surface area contributed by atoms with Crippen LogP contribution in [0.3, 0.4) is 0 Å². The lowest BCUT2D eigenvalue weighted by Gasteiger charge is -2.25. The Labute approximate surface area is 108 Å². The predicted octanol–water partition coefficient (Wildman–Crippen LogP) is 1.54. The normalized spacial score (nSPS) is 19.8. The number of hydrogen-bond acceptors (Lipinski definition) is 4. The van der Waals surface area contributed by atoms with Gasteiger partial charge in [-0.2, -0.15) is 0 Å². The van der Waals surface area contributed by atoms with Crippen LogP contribution in [0.1, 0.15) is 35.3 Å². The van der Waals surface area contributed by atoms with E-state index in [-0.39, 0.29) is 5.91 Å². The van der Waals surface area contributed by atoms with Gasteiger partial charge in [-0.3, -0.25) is 4.79 Å². The van der Waals surface area contributed by atoms with E-state index in [1.807, 2.05) is 11.8 Å². The van der Waals surface area contributed by atoms with Gasteiger partial charge < -0.3 is 14.3 Å². The van der Waals surface area contributed by atoms with Crippen LogP contribution in [0.25, 0.3) is 0 Å². The van der Waals surface area contributed by atoms with Gasteiger partial charge in [-0.05, 0) is 46.8 Å². The van der Waals surface area contributed by atoms with Crippen LogP contribution in [0.15, 0.2) is 10.8 Å². The van der Waals surface area contributed by atoms with Gasteiger partial charge in [-0.1, -0.05) is 5.16 Å². The molecule has 0 bridgehead atoms. The second kappa shape index (κ2) is 5.52. The lowest BCUT2D eigenvalue weighted by molar-refractivity contribution is 0.0714. The zero-order chi connectivity index (χ0) is 13.1. The van der Waals surface area contributed by atoms with Crippen LogP contribution >= 0.6 is 0 Å². The van der Waals surface area contributed by atoms with Gasteiger partial charge >= 0.3 is 0 Å². The van der Waals surface area contributed by atoms with Gasteiger partial charge in [-0.15, -0.1) is 0 Å². The molecule has 1 unspecified atom stereocenters. The first-order valence-electron chi connectivity index (χ1n) is 6.46. The zero-order valence-electron chi connectivity index (χ0n) is 11.3. The molecule has 1 atom stereocenters. The van der Waals surface area contributed by atoms with Crippen molar-refractivity contribution in [1.29, 1.82) is 0 Å². The van der Waals surface area contributed by atoms with Crippen molar-refractivity contribution in [2.45, 2.75) is 32.2 Å². The quantitative estimate of drug-likeness (QED) is 0.814. The van der Waals surface area contributed by atoms with Crippen LogP contribution < -0.4 is 0 Å². The number of carbonyl (C=O) groups excluding carboxylic acids is 1. The molecule has 0 N–H and O–H groups in total. The van der Waals surface area contributed by atoms with Crippen molar-refractivity contribution in [3.8, 4) is 0 Å². The highest BCUT2D eigenvalue weighted by molar-refractivity contribution is 5.93. The Balaban J connectivity index is 2.03. The van der Waals surface area contributed by atoms with E-state index in [1.54, 1.807) is 0 Å². The van der Waals surface area contributed by atoms with Crippen LogP contribution in [0.5, 0.6) is 0 Å². The largest absolute Gasteiger partial charge is 0.364 e. The summed E-state index contributed by atoms with van der Waals surface area (Å²) in [5, 5.41) is 3.81. The molecule has 1 fully saturated rings. The fraction of sp³-hybridized carbons (Fsp3) is 0.692. The van der Waals surface area contributed by atoms with Gasteiger partial charge in [0.2, 0.25) is 0 Å². The molecule has 1 saturated heterocycles. The SMILES string of the molecule is Cc1conc1C(=O)N1CCCC1CCN(C)C. The Hall–Kier alpha value is -1.36. The topological polar surface area (TPSA) is 49.6 Å². The monoisotopic (exact) mass is 251 g/mol. The molecule has 5 heteroatoms. The van der Waals surface area contributed by atoms with Crippen molar-refractivity contribution >= 4 is 5.91 Å². The number of amides is 1. The molecule has 0 spiro atoms. The molecule has 2 heterocycles. The Bertz CT molecular complexity index is 414. The van der Waals surface area contributed by atoms with Crippen LogP contribution in [-0.2, 0) is 0 Å². The van der Waals surface area contributed by atoms with E-state index in [4.69, 9.17) is 4.52 Å². The third-order valence-electron chi connectivity index (χ3n) is 3.50. The summed E-state index contributed by atoms with van der Waals surface area (Å²) in [7, 11) is 4.12.